The van der Waals surface area contributed by atoms with Crippen LogP contribution in [0.4, 0.5) is 5.95 Å². The Balaban J connectivity index is 1.81. The van der Waals surface area contributed by atoms with Gasteiger partial charge >= 0.3 is 0 Å². The molecule has 0 atom stereocenters. The average Bonchev–Trinajstić information content (AvgIpc) is 2.91. The largest absolute Gasteiger partial charge is 0.340 e. The van der Waals surface area contributed by atoms with Gasteiger partial charge in [-0.15, -0.1) is 5.10 Å². The van der Waals surface area contributed by atoms with Crippen molar-refractivity contribution in [2.45, 2.75) is 26.7 Å². The quantitative estimate of drug-likeness (QED) is 0.923. The van der Waals surface area contributed by atoms with Gasteiger partial charge in [-0.25, -0.2) is 4.52 Å². The van der Waals surface area contributed by atoms with Gasteiger partial charge in [0.05, 0.1) is 0 Å². The summed E-state index contributed by atoms with van der Waals surface area (Å²) in [7, 11) is 0. The van der Waals surface area contributed by atoms with Crippen LogP contribution in [-0.4, -0.2) is 40.8 Å². The molecule has 0 amide bonds. The van der Waals surface area contributed by atoms with E-state index >= 15 is 0 Å². The molecule has 2 aromatic rings. The molecule has 0 radical (unpaired) electrons. The van der Waals surface area contributed by atoms with E-state index in [4.69, 9.17) is 4.98 Å². The van der Waals surface area contributed by atoms with E-state index < -0.39 is 0 Å². The van der Waals surface area contributed by atoms with Crippen molar-refractivity contribution in [2.24, 2.45) is 5.92 Å². The van der Waals surface area contributed by atoms with Gasteiger partial charge in [0.1, 0.15) is 0 Å². The fourth-order valence-electron chi connectivity index (χ4n) is 2.89. The highest BCUT2D eigenvalue weighted by atomic mass is 15.4. The van der Waals surface area contributed by atoms with Crippen molar-refractivity contribution >= 4 is 11.6 Å². The van der Waals surface area contributed by atoms with Gasteiger partial charge in [-0.1, -0.05) is 6.07 Å². The number of aromatic nitrogens is 3. The zero-order valence-corrected chi connectivity index (χ0v) is 12.3. The molecule has 0 unspecified atom stereocenters. The number of anilines is 1. The maximum Gasteiger partial charge on any atom is 0.245 e. The summed E-state index contributed by atoms with van der Waals surface area (Å²) in [6.45, 7) is 8.56. The summed E-state index contributed by atoms with van der Waals surface area (Å²) in [5, 5.41) is 8.05. The lowest BCUT2D eigenvalue weighted by Crippen LogP contribution is -2.36. The molecule has 20 heavy (non-hydrogen) atoms. The normalized spacial score (nSPS) is 16.7. The Hall–Kier alpha value is -1.62. The van der Waals surface area contributed by atoms with Crippen molar-refractivity contribution in [1.29, 1.82) is 0 Å². The molecule has 1 fully saturated rings. The molecule has 0 aliphatic carbocycles. The van der Waals surface area contributed by atoms with Crippen LogP contribution in [0.1, 0.15) is 25.3 Å². The molecular weight excluding hydrogens is 250 g/mol. The molecule has 108 valence electrons. The first kappa shape index (κ1) is 13.4. The van der Waals surface area contributed by atoms with Gasteiger partial charge in [-0.3, -0.25) is 0 Å². The van der Waals surface area contributed by atoms with Crippen molar-refractivity contribution in [2.75, 3.05) is 31.1 Å². The Morgan fingerprint density at radius 1 is 1.40 bits per heavy atom. The van der Waals surface area contributed by atoms with E-state index in [-0.39, 0.29) is 0 Å². The second-order valence-corrected chi connectivity index (χ2v) is 5.60. The maximum atomic E-state index is 4.71. The van der Waals surface area contributed by atoms with Crippen molar-refractivity contribution in [3.63, 3.8) is 0 Å². The molecule has 1 saturated heterocycles. The number of nitrogens with zero attached hydrogens (tertiary/aromatic N) is 4. The molecule has 3 heterocycles. The average molecular weight is 273 g/mol. The summed E-state index contributed by atoms with van der Waals surface area (Å²) in [5.41, 5.74) is 2.13. The lowest BCUT2D eigenvalue weighted by molar-refractivity contribution is 0.373. The van der Waals surface area contributed by atoms with Crippen LogP contribution >= 0.6 is 0 Å². The second-order valence-electron chi connectivity index (χ2n) is 5.60. The van der Waals surface area contributed by atoms with Crippen molar-refractivity contribution in [3.8, 4) is 0 Å². The molecule has 0 aromatic carbocycles. The summed E-state index contributed by atoms with van der Waals surface area (Å²) in [5.74, 6) is 1.62. The third kappa shape index (κ3) is 2.63. The van der Waals surface area contributed by atoms with Gasteiger partial charge in [0.15, 0.2) is 5.65 Å². The van der Waals surface area contributed by atoms with Gasteiger partial charge in [0, 0.05) is 19.3 Å². The second kappa shape index (κ2) is 5.79. The van der Waals surface area contributed by atoms with Gasteiger partial charge in [0.25, 0.3) is 0 Å². The summed E-state index contributed by atoms with van der Waals surface area (Å²) in [6.07, 6.45) is 4.48. The molecule has 0 spiro atoms. The number of piperidine rings is 1. The third-order valence-corrected chi connectivity index (χ3v) is 4.15. The fourth-order valence-corrected chi connectivity index (χ4v) is 2.89. The SMILES string of the molecule is CCN(CC1CCNCC1)c1nc2c(C)cccn2n1. The minimum atomic E-state index is 0.754. The van der Waals surface area contributed by atoms with E-state index in [1.54, 1.807) is 0 Å². The molecule has 1 aliphatic rings. The van der Waals surface area contributed by atoms with E-state index in [0.717, 1.165) is 43.7 Å². The number of pyridine rings is 1. The maximum absolute atomic E-state index is 4.71. The number of hydrogen-bond acceptors (Lipinski definition) is 4. The predicted octanol–water partition coefficient (Wildman–Crippen LogP) is 1.86. The van der Waals surface area contributed by atoms with Gasteiger partial charge in [-0.05, 0) is 57.3 Å². The molecule has 0 saturated carbocycles. The minimum Gasteiger partial charge on any atom is -0.340 e. The third-order valence-electron chi connectivity index (χ3n) is 4.15. The summed E-state index contributed by atoms with van der Waals surface area (Å²) >= 11 is 0. The Kier molecular flexibility index (Phi) is 3.87. The number of nitrogens with one attached hydrogen (secondary N) is 1. The van der Waals surface area contributed by atoms with E-state index in [0.29, 0.717) is 0 Å². The minimum absolute atomic E-state index is 0.754. The van der Waals surface area contributed by atoms with Crippen LogP contribution in [0.5, 0.6) is 0 Å². The monoisotopic (exact) mass is 273 g/mol. The van der Waals surface area contributed by atoms with Crippen LogP contribution in [0.2, 0.25) is 0 Å². The number of fused-ring (bicyclic) bond motifs is 1. The van der Waals surface area contributed by atoms with E-state index in [2.05, 4.69) is 35.2 Å². The Morgan fingerprint density at radius 3 is 2.90 bits per heavy atom. The highest BCUT2D eigenvalue weighted by molar-refractivity contribution is 5.50. The summed E-state index contributed by atoms with van der Waals surface area (Å²) in [6, 6.07) is 4.10. The van der Waals surface area contributed by atoms with Crippen LogP contribution in [0.15, 0.2) is 18.3 Å². The first-order valence-electron chi connectivity index (χ1n) is 7.55. The molecule has 1 aliphatic heterocycles. The van der Waals surface area contributed by atoms with E-state index in [1.165, 1.54) is 18.4 Å². The number of rotatable bonds is 4. The van der Waals surface area contributed by atoms with Gasteiger partial charge in [-0.2, -0.15) is 4.98 Å². The fraction of sp³-hybridized carbons (Fsp3) is 0.600. The zero-order valence-electron chi connectivity index (χ0n) is 12.3. The van der Waals surface area contributed by atoms with Crippen molar-refractivity contribution < 1.29 is 0 Å². The summed E-state index contributed by atoms with van der Waals surface area (Å²) < 4.78 is 1.88. The highest BCUT2D eigenvalue weighted by Gasteiger charge is 2.19. The Labute approximate surface area is 120 Å². The van der Waals surface area contributed by atoms with Gasteiger partial charge in [0.2, 0.25) is 5.95 Å². The molecule has 0 bridgehead atoms. The van der Waals surface area contributed by atoms with Crippen LogP contribution in [-0.2, 0) is 0 Å². The standard InChI is InChI=1S/C15H23N5/c1-3-19(11-13-6-8-16-9-7-13)15-17-14-12(2)5-4-10-20(14)18-15/h4-5,10,13,16H,3,6-9,11H2,1-2H3. The van der Waals surface area contributed by atoms with Crippen LogP contribution in [0, 0.1) is 12.8 Å². The van der Waals surface area contributed by atoms with Crippen LogP contribution in [0.3, 0.4) is 0 Å². The first-order chi connectivity index (χ1) is 9.78. The van der Waals surface area contributed by atoms with E-state index in [1.807, 2.05) is 16.8 Å². The molecule has 3 rings (SSSR count). The topological polar surface area (TPSA) is 45.5 Å². The lowest BCUT2D eigenvalue weighted by Gasteiger charge is -2.28. The lowest BCUT2D eigenvalue weighted by atomic mass is 9.98. The van der Waals surface area contributed by atoms with Gasteiger partial charge < -0.3 is 10.2 Å². The number of hydrogen-bond donors (Lipinski definition) is 1. The van der Waals surface area contributed by atoms with Crippen molar-refractivity contribution in [1.82, 2.24) is 19.9 Å². The Morgan fingerprint density at radius 2 is 2.20 bits per heavy atom. The molecule has 5 nitrogen and oxygen atoms in total. The number of aryl methyl sites for hydroxylation is 1. The van der Waals surface area contributed by atoms with Crippen molar-refractivity contribution in [3.05, 3.63) is 23.9 Å². The van der Waals surface area contributed by atoms with Crippen LogP contribution in [0.25, 0.3) is 5.65 Å². The highest BCUT2D eigenvalue weighted by Crippen LogP contribution is 2.18. The molecular formula is C15H23N5. The first-order valence-corrected chi connectivity index (χ1v) is 7.55. The zero-order chi connectivity index (χ0) is 13.9. The summed E-state index contributed by atoms with van der Waals surface area (Å²) in [4.78, 5) is 7.02. The predicted molar refractivity (Wildman–Crippen MR) is 81.2 cm³/mol. The van der Waals surface area contributed by atoms with E-state index in [9.17, 15) is 0 Å². The van der Waals surface area contributed by atoms with Crippen LogP contribution < -0.4 is 10.2 Å². The molecule has 2 aromatic heterocycles. The Bertz CT molecular complexity index is 571. The molecule has 5 heteroatoms. The molecule has 1 N–H and O–H groups in total. The smallest absolute Gasteiger partial charge is 0.245 e.